The van der Waals surface area contributed by atoms with Gasteiger partial charge in [-0.2, -0.15) is 0 Å². The smallest absolute Gasteiger partial charge is 0.119 e. The molecule has 3 nitrogen and oxygen atoms in total. The van der Waals surface area contributed by atoms with Crippen LogP contribution in [0.15, 0.2) is 72.8 Å². The second-order valence-corrected chi connectivity index (χ2v) is 6.78. The van der Waals surface area contributed by atoms with E-state index in [1.165, 1.54) is 0 Å². The van der Waals surface area contributed by atoms with Gasteiger partial charge in [0.2, 0.25) is 0 Å². The average Bonchev–Trinajstić information content (AvgIpc) is 2.69. The lowest BCUT2D eigenvalue weighted by molar-refractivity contribution is 0.266. The van der Waals surface area contributed by atoms with E-state index in [0.717, 1.165) is 30.0 Å². The van der Waals surface area contributed by atoms with Gasteiger partial charge >= 0.3 is 0 Å². The van der Waals surface area contributed by atoms with Gasteiger partial charge in [-0.1, -0.05) is 47.5 Å². The Kier molecular flexibility index (Phi) is 7.26. The van der Waals surface area contributed by atoms with Crippen LogP contribution in [-0.4, -0.2) is 13.2 Å². The number of anilines is 2. The van der Waals surface area contributed by atoms with Crippen molar-refractivity contribution in [2.75, 3.05) is 18.5 Å². The monoisotopic (exact) mass is 401 g/mol. The highest BCUT2D eigenvalue weighted by atomic mass is 35.5. The molecule has 3 aromatic carbocycles. The molecule has 27 heavy (non-hydrogen) atoms. The first-order chi connectivity index (χ1) is 13.2. The zero-order valence-electron chi connectivity index (χ0n) is 14.8. The summed E-state index contributed by atoms with van der Waals surface area (Å²) in [6.45, 7) is 1.34. The molecule has 0 radical (unpaired) electrons. The van der Waals surface area contributed by atoms with Crippen molar-refractivity contribution in [2.24, 2.45) is 0 Å². The van der Waals surface area contributed by atoms with Gasteiger partial charge in [-0.15, -0.1) is 0 Å². The Morgan fingerprint density at radius 2 is 1.19 bits per heavy atom. The first-order valence-corrected chi connectivity index (χ1v) is 9.60. The second kappa shape index (κ2) is 10.1. The van der Waals surface area contributed by atoms with Crippen molar-refractivity contribution in [3.05, 3.63) is 82.8 Å². The molecular formula is C22H21Cl2NO2. The van der Waals surface area contributed by atoms with Crippen LogP contribution in [0.25, 0.3) is 0 Å². The summed E-state index contributed by atoms with van der Waals surface area (Å²) in [5, 5.41) is 4.40. The third kappa shape index (κ3) is 6.09. The van der Waals surface area contributed by atoms with E-state index in [-0.39, 0.29) is 0 Å². The molecule has 0 amide bonds. The fourth-order valence-corrected chi connectivity index (χ4v) is 2.99. The van der Waals surface area contributed by atoms with Crippen molar-refractivity contribution >= 4 is 34.6 Å². The van der Waals surface area contributed by atoms with E-state index in [4.69, 9.17) is 32.7 Å². The predicted octanol–water partition coefficient (Wildman–Crippen LogP) is 6.98. The molecule has 0 saturated carbocycles. The van der Waals surface area contributed by atoms with Crippen LogP contribution in [0.1, 0.15) is 12.8 Å². The molecule has 140 valence electrons. The van der Waals surface area contributed by atoms with Gasteiger partial charge in [0.25, 0.3) is 0 Å². The molecule has 0 unspecified atom stereocenters. The molecule has 5 heteroatoms. The van der Waals surface area contributed by atoms with Crippen molar-refractivity contribution in [1.29, 1.82) is 0 Å². The van der Waals surface area contributed by atoms with E-state index in [0.29, 0.717) is 28.9 Å². The number of nitrogens with one attached hydrogen (secondary N) is 1. The molecule has 0 bridgehead atoms. The molecule has 3 rings (SSSR count). The lowest BCUT2D eigenvalue weighted by Crippen LogP contribution is -2.02. The van der Waals surface area contributed by atoms with Crippen molar-refractivity contribution in [3.63, 3.8) is 0 Å². The van der Waals surface area contributed by atoms with Gasteiger partial charge < -0.3 is 14.8 Å². The number of para-hydroxylation sites is 2. The summed E-state index contributed by atoms with van der Waals surface area (Å²) in [6, 6.07) is 23.0. The Morgan fingerprint density at radius 1 is 0.630 bits per heavy atom. The largest absolute Gasteiger partial charge is 0.494 e. The van der Waals surface area contributed by atoms with Gasteiger partial charge in [-0.05, 0) is 61.4 Å². The molecule has 0 aliphatic carbocycles. The van der Waals surface area contributed by atoms with Crippen LogP contribution in [0.5, 0.6) is 11.5 Å². The number of halogens is 2. The van der Waals surface area contributed by atoms with E-state index in [1.807, 2.05) is 60.7 Å². The maximum atomic E-state index is 6.18. The Labute approximate surface area is 169 Å². The zero-order valence-corrected chi connectivity index (χ0v) is 16.3. The second-order valence-electron chi connectivity index (χ2n) is 5.96. The van der Waals surface area contributed by atoms with Gasteiger partial charge in [0.15, 0.2) is 0 Å². The number of rotatable bonds is 9. The predicted molar refractivity (Wildman–Crippen MR) is 113 cm³/mol. The van der Waals surface area contributed by atoms with E-state index in [2.05, 4.69) is 5.32 Å². The summed E-state index contributed by atoms with van der Waals surface area (Å²) >= 11 is 12.4. The average molecular weight is 402 g/mol. The zero-order chi connectivity index (χ0) is 18.9. The quantitative estimate of drug-likeness (QED) is 0.392. The van der Waals surface area contributed by atoms with Crippen LogP contribution in [0.3, 0.4) is 0 Å². The van der Waals surface area contributed by atoms with Gasteiger partial charge in [0, 0.05) is 5.69 Å². The van der Waals surface area contributed by atoms with E-state index in [1.54, 1.807) is 12.1 Å². The molecule has 0 saturated heterocycles. The highest BCUT2D eigenvalue weighted by molar-refractivity contribution is 6.39. The van der Waals surface area contributed by atoms with Crippen molar-refractivity contribution in [2.45, 2.75) is 12.8 Å². The molecule has 0 aliphatic heterocycles. The molecular weight excluding hydrogens is 381 g/mol. The molecule has 0 aliphatic rings. The fourth-order valence-electron chi connectivity index (χ4n) is 2.50. The molecule has 3 aromatic rings. The molecule has 1 N–H and O–H groups in total. The summed E-state index contributed by atoms with van der Waals surface area (Å²) < 4.78 is 11.4. The highest BCUT2D eigenvalue weighted by Crippen LogP contribution is 2.32. The number of hydrogen-bond donors (Lipinski definition) is 1. The number of benzene rings is 3. The van der Waals surface area contributed by atoms with Gasteiger partial charge in [-0.3, -0.25) is 0 Å². The Balaban J connectivity index is 1.39. The fraction of sp³-hybridized carbons (Fsp3) is 0.182. The maximum absolute atomic E-state index is 6.18. The number of unbranched alkanes of at least 4 members (excludes halogenated alkanes) is 1. The number of ether oxygens (including phenoxy) is 2. The Morgan fingerprint density at radius 3 is 1.78 bits per heavy atom. The minimum atomic E-state index is 0.584. The van der Waals surface area contributed by atoms with Gasteiger partial charge in [0.05, 0.1) is 28.9 Å². The topological polar surface area (TPSA) is 30.5 Å². The Bertz CT molecular complexity index is 818. The molecule has 0 spiro atoms. The van der Waals surface area contributed by atoms with Crippen molar-refractivity contribution < 1.29 is 9.47 Å². The number of hydrogen-bond acceptors (Lipinski definition) is 3. The summed E-state index contributed by atoms with van der Waals surface area (Å²) in [5.74, 6) is 1.73. The van der Waals surface area contributed by atoms with Crippen LogP contribution in [0.2, 0.25) is 10.0 Å². The van der Waals surface area contributed by atoms with Crippen molar-refractivity contribution in [1.82, 2.24) is 0 Å². The first-order valence-electron chi connectivity index (χ1n) is 8.84. The van der Waals surface area contributed by atoms with E-state index >= 15 is 0 Å². The minimum absolute atomic E-state index is 0.584. The summed E-state index contributed by atoms with van der Waals surface area (Å²) in [7, 11) is 0. The van der Waals surface area contributed by atoms with Gasteiger partial charge in [0.1, 0.15) is 11.5 Å². The van der Waals surface area contributed by atoms with E-state index in [9.17, 15) is 0 Å². The molecule has 0 heterocycles. The minimum Gasteiger partial charge on any atom is -0.494 e. The third-order valence-electron chi connectivity index (χ3n) is 3.91. The van der Waals surface area contributed by atoms with E-state index < -0.39 is 0 Å². The highest BCUT2D eigenvalue weighted by Gasteiger charge is 2.05. The normalized spacial score (nSPS) is 10.4. The van der Waals surface area contributed by atoms with Crippen LogP contribution in [0, 0.1) is 0 Å². The van der Waals surface area contributed by atoms with Gasteiger partial charge in [-0.25, -0.2) is 0 Å². The van der Waals surface area contributed by atoms with Crippen LogP contribution >= 0.6 is 23.2 Å². The summed E-state index contributed by atoms with van der Waals surface area (Å²) in [6.07, 6.45) is 1.88. The lowest BCUT2D eigenvalue weighted by Gasteiger charge is -2.11. The summed E-state index contributed by atoms with van der Waals surface area (Å²) in [5.41, 5.74) is 1.60. The lowest BCUT2D eigenvalue weighted by atomic mass is 10.2. The van der Waals surface area contributed by atoms with Crippen LogP contribution < -0.4 is 14.8 Å². The maximum Gasteiger partial charge on any atom is 0.119 e. The van der Waals surface area contributed by atoms with Crippen molar-refractivity contribution in [3.8, 4) is 11.5 Å². The van der Waals surface area contributed by atoms with Crippen LogP contribution in [-0.2, 0) is 0 Å². The van der Waals surface area contributed by atoms with Crippen LogP contribution in [0.4, 0.5) is 11.4 Å². The molecule has 0 atom stereocenters. The Hall–Kier alpha value is -2.36. The first kappa shape index (κ1) is 19.4. The standard InChI is InChI=1S/C22H21Cl2NO2/c23-20-9-6-10-21(24)22(20)25-17-11-13-19(14-12-17)27-16-5-4-15-26-18-7-2-1-3-8-18/h1-3,6-14,25H,4-5,15-16H2. The summed E-state index contributed by atoms with van der Waals surface area (Å²) in [4.78, 5) is 0. The molecule has 0 aromatic heterocycles. The third-order valence-corrected chi connectivity index (χ3v) is 4.54. The SMILES string of the molecule is Clc1cccc(Cl)c1Nc1ccc(OCCCCOc2ccccc2)cc1. The molecule has 0 fully saturated rings.